The number of nitrogens with zero attached hydrogens (tertiary/aromatic N) is 1. The molecular formula is C10H16N2O. The van der Waals surface area contributed by atoms with Crippen molar-refractivity contribution in [1.29, 1.82) is 0 Å². The van der Waals surface area contributed by atoms with Crippen LogP contribution in [0.25, 0.3) is 0 Å². The van der Waals surface area contributed by atoms with Crippen LogP contribution >= 0.6 is 0 Å². The summed E-state index contributed by atoms with van der Waals surface area (Å²) in [6, 6.07) is 3.80. The third-order valence-corrected chi connectivity index (χ3v) is 1.92. The molecule has 0 aliphatic rings. The normalized spacial score (nSPS) is 12.5. The zero-order valence-corrected chi connectivity index (χ0v) is 8.16. The third-order valence-electron chi connectivity index (χ3n) is 1.92. The smallest absolute Gasteiger partial charge is 0.122 e. The Kier molecular flexibility index (Phi) is 3.71. The van der Waals surface area contributed by atoms with Gasteiger partial charge in [-0.2, -0.15) is 0 Å². The lowest BCUT2D eigenvalue weighted by atomic mass is 10.1. The highest BCUT2D eigenvalue weighted by Crippen LogP contribution is 2.16. The fraction of sp³-hybridized carbons (Fsp3) is 0.500. The lowest BCUT2D eigenvalue weighted by Crippen LogP contribution is -2.10. The van der Waals surface area contributed by atoms with Crippen molar-refractivity contribution in [2.75, 3.05) is 13.2 Å². The highest BCUT2D eigenvalue weighted by molar-refractivity contribution is 5.24. The second-order valence-corrected chi connectivity index (χ2v) is 2.99. The molecule has 1 unspecified atom stereocenters. The van der Waals surface area contributed by atoms with Crippen molar-refractivity contribution >= 4 is 0 Å². The number of pyridine rings is 1. The number of rotatable bonds is 4. The van der Waals surface area contributed by atoms with E-state index in [-0.39, 0.29) is 0 Å². The van der Waals surface area contributed by atoms with Crippen LogP contribution in [0.4, 0.5) is 0 Å². The first kappa shape index (κ1) is 9.99. The van der Waals surface area contributed by atoms with Crippen molar-refractivity contribution in [3.05, 3.63) is 24.0 Å². The summed E-state index contributed by atoms with van der Waals surface area (Å²) in [5.41, 5.74) is 6.54. The summed E-state index contributed by atoms with van der Waals surface area (Å²) < 4.78 is 5.36. The van der Waals surface area contributed by atoms with Gasteiger partial charge in [0.15, 0.2) is 0 Å². The molecule has 0 saturated heterocycles. The minimum Gasteiger partial charge on any atom is -0.494 e. The van der Waals surface area contributed by atoms with Crippen LogP contribution in [0.3, 0.4) is 0 Å². The van der Waals surface area contributed by atoms with Gasteiger partial charge in [-0.25, -0.2) is 0 Å². The van der Waals surface area contributed by atoms with Gasteiger partial charge in [0.05, 0.1) is 6.61 Å². The first-order valence-electron chi connectivity index (χ1n) is 4.56. The number of ether oxygens (including phenoxy) is 1. The van der Waals surface area contributed by atoms with Crippen LogP contribution in [0.1, 0.15) is 25.5 Å². The average molecular weight is 180 g/mol. The van der Waals surface area contributed by atoms with E-state index in [9.17, 15) is 0 Å². The number of aromatic nitrogens is 1. The highest BCUT2D eigenvalue weighted by Gasteiger charge is 2.05. The molecule has 0 spiro atoms. The maximum Gasteiger partial charge on any atom is 0.122 e. The minimum atomic E-state index is 0.292. The summed E-state index contributed by atoms with van der Waals surface area (Å²) in [5, 5.41) is 0. The molecule has 13 heavy (non-hydrogen) atoms. The van der Waals surface area contributed by atoms with Crippen molar-refractivity contribution in [3.63, 3.8) is 0 Å². The Morgan fingerprint density at radius 3 is 3.00 bits per heavy atom. The summed E-state index contributed by atoms with van der Waals surface area (Å²) in [7, 11) is 0. The standard InChI is InChI=1S/C10H16N2O/c1-3-13-9-4-5-12-10(6-9)8(2)7-11/h4-6,8H,3,7,11H2,1-2H3. The molecule has 1 aromatic rings. The quantitative estimate of drug-likeness (QED) is 0.764. The summed E-state index contributed by atoms with van der Waals surface area (Å²) >= 11 is 0. The van der Waals surface area contributed by atoms with E-state index >= 15 is 0 Å². The van der Waals surface area contributed by atoms with Gasteiger partial charge in [0.1, 0.15) is 5.75 Å². The Bertz CT molecular complexity index is 263. The van der Waals surface area contributed by atoms with Gasteiger partial charge in [-0.15, -0.1) is 0 Å². The fourth-order valence-corrected chi connectivity index (χ4v) is 1.07. The zero-order valence-electron chi connectivity index (χ0n) is 8.16. The molecule has 1 rings (SSSR count). The van der Waals surface area contributed by atoms with Crippen molar-refractivity contribution < 1.29 is 4.74 Å². The maximum atomic E-state index is 5.55. The molecule has 0 radical (unpaired) electrons. The first-order valence-corrected chi connectivity index (χ1v) is 4.56. The molecule has 0 saturated carbocycles. The van der Waals surface area contributed by atoms with E-state index in [4.69, 9.17) is 10.5 Å². The SMILES string of the molecule is CCOc1ccnc(C(C)CN)c1. The molecule has 72 valence electrons. The van der Waals surface area contributed by atoms with Crippen LogP contribution < -0.4 is 10.5 Å². The van der Waals surface area contributed by atoms with Gasteiger partial charge in [-0.05, 0) is 13.0 Å². The molecule has 3 nitrogen and oxygen atoms in total. The minimum absolute atomic E-state index is 0.292. The van der Waals surface area contributed by atoms with E-state index in [1.54, 1.807) is 6.20 Å². The Hall–Kier alpha value is -1.09. The molecule has 1 heterocycles. The van der Waals surface area contributed by atoms with Gasteiger partial charge in [0.2, 0.25) is 0 Å². The molecule has 0 amide bonds. The third kappa shape index (κ3) is 2.70. The maximum absolute atomic E-state index is 5.55. The topological polar surface area (TPSA) is 48.1 Å². The molecule has 0 aromatic carbocycles. The molecule has 1 aromatic heterocycles. The highest BCUT2D eigenvalue weighted by atomic mass is 16.5. The molecule has 2 N–H and O–H groups in total. The van der Waals surface area contributed by atoms with E-state index in [2.05, 4.69) is 11.9 Å². The van der Waals surface area contributed by atoms with E-state index in [1.165, 1.54) is 0 Å². The Morgan fingerprint density at radius 1 is 1.62 bits per heavy atom. The second-order valence-electron chi connectivity index (χ2n) is 2.99. The molecule has 0 aliphatic carbocycles. The van der Waals surface area contributed by atoms with Crippen molar-refractivity contribution in [2.45, 2.75) is 19.8 Å². The molecule has 1 atom stereocenters. The van der Waals surface area contributed by atoms with Crippen molar-refractivity contribution in [1.82, 2.24) is 4.98 Å². The summed E-state index contributed by atoms with van der Waals surface area (Å²) in [5.74, 6) is 1.16. The molecular weight excluding hydrogens is 164 g/mol. The second kappa shape index (κ2) is 4.82. The molecule has 0 aliphatic heterocycles. The van der Waals surface area contributed by atoms with Crippen LogP contribution in [-0.4, -0.2) is 18.1 Å². The van der Waals surface area contributed by atoms with E-state index < -0.39 is 0 Å². The molecule has 0 fully saturated rings. The first-order chi connectivity index (χ1) is 6.27. The molecule has 3 heteroatoms. The van der Waals surface area contributed by atoms with Gasteiger partial charge >= 0.3 is 0 Å². The monoisotopic (exact) mass is 180 g/mol. The van der Waals surface area contributed by atoms with Crippen LogP contribution in [-0.2, 0) is 0 Å². The van der Waals surface area contributed by atoms with Crippen molar-refractivity contribution in [2.24, 2.45) is 5.73 Å². The number of hydrogen-bond acceptors (Lipinski definition) is 3. The van der Waals surface area contributed by atoms with Crippen LogP contribution in [0.5, 0.6) is 5.75 Å². The largest absolute Gasteiger partial charge is 0.494 e. The Labute approximate surface area is 78.9 Å². The summed E-state index contributed by atoms with van der Waals surface area (Å²) in [4.78, 5) is 4.23. The van der Waals surface area contributed by atoms with Crippen LogP contribution in [0.15, 0.2) is 18.3 Å². The predicted molar refractivity (Wildman–Crippen MR) is 52.9 cm³/mol. The fourth-order valence-electron chi connectivity index (χ4n) is 1.07. The van der Waals surface area contributed by atoms with E-state index in [0.29, 0.717) is 19.1 Å². The van der Waals surface area contributed by atoms with Crippen LogP contribution in [0.2, 0.25) is 0 Å². The Balaban J connectivity index is 2.78. The Morgan fingerprint density at radius 2 is 2.38 bits per heavy atom. The lowest BCUT2D eigenvalue weighted by molar-refractivity contribution is 0.339. The summed E-state index contributed by atoms with van der Waals surface area (Å²) in [6.45, 7) is 5.31. The predicted octanol–water partition coefficient (Wildman–Crippen LogP) is 1.54. The van der Waals surface area contributed by atoms with Gasteiger partial charge < -0.3 is 10.5 Å². The van der Waals surface area contributed by atoms with E-state index in [0.717, 1.165) is 11.4 Å². The van der Waals surface area contributed by atoms with Crippen LogP contribution in [0, 0.1) is 0 Å². The van der Waals surface area contributed by atoms with Gasteiger partial charge in [-0.1, -0.05) is 6.92 Å². The number of nitrogens with two attached hydrogens (primary N) is 1. The zero-order chi connectivity index (χ0) is 9.68. The van der Waals surface area contributed by atoms with Crippen molar-refractivity contribution in [3.8, 4) is 5.75 Å². The average Bonchev–Trinajstić information content (AvgIpc) is 2.18. The van der Waals surface area contributed by atoms with Gasteiger partial charge in [0.25, 0.3) is 0 Å². The van der Waals surface area contributed by atoms with Gasteiger partial charge in [-0.3, -0.25) is 4.98 Å². The number of hydrogen-bond donors (Lipinski definition) is 1. The van der Waals surface area contributed by atoms with Gasteiger partial charge in [0, 0.05) is 30.4 Å². The summed E-state index contributed by atoms with van der Waals surface area (Å²) in [6.07, 6.45) is 1.76. The molecule has 0 bridgehead atoms. The lowest BCUT2D eigenvalue weighted by Gasteiger charge is -2.09. The van der Waals surface area contributed by atoms with E-state index in [1.807, 2.05) is 19.1 Å².